The number of carbonyl (C=O) groups excluding carboxylic acids is 2. The first-order chi connectivity index (χ1) is 5.11. The molecule has 0 bridgehead atoms. The summed E-state index contributed by atoms with van der Waals surface area (Å²) < 4.78 is 4.18. The van der Waals surface area contributed by atoms with Gasteiger partial charge in [0.25, 0.3) is 0 Å². The number of amides is 1. The number of rotatable bonds is 2. The van der Waals surface area contributed by atoms with Gasteiger partial charge in [-0.3, -0.25) is 4.79 Å². The molecule has 1 unspecified atom stereocenters. The van der Waals surface area contributed by atoms with Crippen molar-refractivity contribution in [3.63, 3.8) is 0 Å². The fraction of sp³-hybridized carbons (Fsp3) is 0.667. The summed E-state index contributed by atoms with van der Waals surface area (Å²) >= 11 is 0. The van der Waals surface area contributed by atoms with Crippen molar-refractivity contribution in [2.75, 3.05) is 14.2 Å². The van der Waals surface area contributed by atoms with Crippen LogP contribution in [-0.2, 0) is 14.3 Å². The third-order valence-electron chi connectivity index (χ3n) is 1.15. The summed E-state index contributed by atoms with van der Waals surface area (Å²) in [5.41, 5.74) is 0. The number of hydrogen-bond donors (Lipinski definition) is 2. The van der Waals surface area contributed by atoms with Crippen LogP contribution in [0.1, 0.15) is 6.92 Å². The van der Waals surface area contributed by atoms with Crippen molar-refractivity contribution in [1.82, 2.24) is 10.6 Å². The average molecular weight is 160 g/mol. The first kappa shape index (κ1) is 9.90. The Kier molecular flexibility index (Phi) is 4.21. The smallest absolute Gasteiger partial charge is 0.396 e. The van der Waals surface area contributed by atoms with E-state index in [0.717, 1.165) is 7.11 Å². The Morgan fingerprint density at radius 2 is 2.00 bits per heavy atom. The zero-order chi connectivity index (χ0) is 8.85. The van der Waals surface area contributed by atoms with Gasteiger partial charge < -0.3 is 15.4 Å². The first-order valence-corrected chi connectivity index (χ1v) is 3.18. The minimum absolute atomic E-state index is 0.235. The predicted molar refractivity (Wildman–Crippen MR) is 38.7 cm³/mol. The summed E-state index contributed by atoms with van der Waals surface area (Å²) in [6.45, 7) is 1.71. The molecule has 0 fully saturated rings. The minimum Gasteiger partial charge on any atom is -0.462 e. The van der Waals surface area contributed by atoms with E-state index in [0.29, 0.717) is 0 Å². The Hall–Kier alpha value is -1.10. The molecule has 0 aliphatic heterocycles. The summed E-state index contributed by atoms with van der Waals surface area (Å²) in [5.74, 6) is -1.62. The van der Waals surface area contributed by atoms with Crippen molar-refractivity contribution in [3.8, 4) is 0 Å². The number of nitrogens with one attached hydrogen (secondary N) is 2. The molecule has 64 valence electrons. The van der Waals surface area contributed by atoms with E-state index >= 15 is 0 Å². The van der Waals surface area contributed by atoms with Crippen molar-refractivity contribution in [1.29, 1.82) is 0 Å². The van der Waals surface area contributed by atoms with Gasteiger partial charge >= 0.3 is 11.9 Å². The van der Waals surface area contributed by atoms with Crippen LogP contribution in [0.15, 0.2) is 0 Å². The van der Waals surface area contributed by atoms with Crippen molar-refractivity contribution >= 4 is 11.9 Å². The average Bonchev–Trinajstić information content (AvgIpc) is 2.02. The predicted octanol–water partition coefficient (Wildman–Crippen LogP) is -1.16. The minimum atomic E-state index is -0.882. The molecular weight excluding hydrogens is 148 g/mol. The van der Waals surface area contributed by atoms with E-state index in [-0.39, 0.29) is 6.17 Å². The van der Waals surface area contributed by atoms with Crippen LogP contribution in [0.5, 0.6) is 0 Å². The molecule has 0 aliphatic carbocycles. The molecule has 0 aromatic carbocycles. The second-order valence-electron chi connectivity index (χ2n) is 1.98. The molecule has 0 rings (SSSR count). The van der Waals surface area contributed by atoms with Crippen LogP contribution < -0.4 is 10.6 Å². The van der Waals surface area contributed by atoms with E-state index in [1.54, 1.807) is 14.0 Å². The summed E-state index contributed by atoms with van der Waals surface area (Å²) in [6, 6.07) is 0. The Morgan fingerprint density at radius 3 is 2.36 bits per heavy atom. The summed E-state index contributed by atoms with van der Waals surface area (Å²) in [6.07, 6.45) is -0.235. The van der Waals surface area contributed by atoms with Crippen LogP contribution in [0.25, 0.3) is 0 Å². The normalized spacial score (nSPS) is 11.9. The number of esters is 1. The quantitative estimate of drug-likeness (QED) is 0.304. The maximum Gasteiger partial charge on any atom is 0.396 e. The van der Waals surface area contributed by atoms with Crippen LogP contribution in [0.3, 0.4) is 0 Å². The molecule has 0 aliphatic rings. The number of carbonyl (C=O) groups is 2. The van der Waals surface area contributed by atoms with Gasteiger partial charge in [0.05, 0.1) is 13.3 Å². The van der Waals surface area contributed by atoms with Gasteiger partial charge in [-0.2, -0.15) is 0 Å². The van der Waals surface area contributed by atoms with Gasteiger partial charge in [-0.05, 0) is 14.0 Å². The van der Waals surface area contributed by atoms with Crippen LogP contribution in [0.4, 0.5) is 0 Å². The molecule has 11 heavy (non-hydrogen) atoms. The zero-order valence-corrected chi connectivity index (χ0v) is 6.80. The molecule has 0 saturated carbocycles. The lowest BCUT2D eigenvalue weighted by Crippen LogP contribution is -2.44. The van der Waals surface area contributed by atoms with E-state index in [9.17, 15) is 9.59 Å². The highest BCUT2D eigenvalue weighted by molar-refractivity contribution is 6.32. The van der Waals surface area contributed by atoms with Crippen molar-refractivity contribution in [3.05, 3.63) is 0 Å². The van der Waals surface area contributed by atoms with Gasteiger partial charge in [0, 0.05) is 0 Å². The summed E-state index contributed by atoms with van der Waals surface area (Å²) in [5, 5.41) is 5.09. The third-order valence-corrected chi connectivity index (χ3v) is 1.15. The standard InChI is InChI=1S/C6H12N2O3/c1-4(7-2)8-5(9)6(10)11-3/h4,7H,1-3H3,(H,8,9). The lowest BCUT2D eigenvalue weighted by molar-refractivity contribution is -0.153. The third kappa shape index (κ3) is 3.57. The molecule has 2 N–H and O–H groups in total. The number of hydrogen-bond acceptors (Lipinski definition) is 4. The van der Waals surface area contributed by atoms with Crippen LogP contribution in [0.2, 0.25) is 0 Å². The molecular formula is C6H12N2O3. The molecule has 1 atom stereocenters. The van der Waals surface area contributed by atoms with Gasteiger partial charge in [-0.15, -0.1) is 0 Å². The molecule has 0 radical (unpaired) electrons. The van der Waals surface area contributed by atoms with Gasteiger partial charge in [0.1, 0.15) is 0 Å². The van der Waals surface area contributed by atoms with E-state index in [1.165, 1.54) is 0 Å². The number of ether oxygens (including phenoxy) is 1. The van der Waals surface area contributed by atoms with Crippen LogP contribution in [-0.4, -0.2) is 32.2 Å². The van der Waals surface area contributed by atoms with Crippen molar-refractivity contribution in [2.24, 2.45) is 0 Å². The molecule has 0 heterocycles. The topological polar surface area (TPSA) is 67.4 Å². The second kappa shape index (κ2) is 4.68. The Labute approximate surface area is 65.1 Å². The van der Waals surface area contributed by atoms with E-state index in [2.05, 4.69) is 15.4 Å². The largest absolute Gasteiger partial charge is 0.462 e. The number of methoxy groups -OCH3 is 1. The van der Waals surface area contributed by atoms with E-state index < -0.39 is 11.9 Å². The fourth-order valence-corrected chi connectivity index (χ4v) is 0.420. The molecule has 1 amide bonds. The fourth-order valence-electron chi connectivity index (χ4n) is 0.420. The second-order valence-corrected chi connectivity index (χ2v) is 1.98. The highest BCUT2D eigenvalue weighted by Gasteiger charge is 2.14. The molecule has 5 nitrogen and oxygen atoms in total. The zero-order valence-electron chi connectivity index (χ0n) is 6.80. The Bertz CT molecular complexity index is 158. The van der Waals surface area contributed by atoms with Gasteiger partial charge in [0.2, 0.25) is 0 Å². The molecule has 0 saturated heterocycles. The van der Waals surface area contributed by atoms with Gasteiger partial charge in [-0.1, -0.05) is 0 Å². The summed E-state index contributed by atoms with van der Waals surface area (Å²) in [7, 11) is 2.83. The maximum atomic E-state index is 10.7. The highest BCUT2D eigenvalue weighted by atomic mass is 16.5. The van der Waals surface area contributed by atoms with Crippen LogP contribution >= 0.6 is 0 Å². The Balaban J connectivity index is 3.77. The van der Waals surface area contributed by atoms with Crippen molar-refractivity contribution in [2.45, 2.75) is 13.1 Å². The molecule has 0 aromatic heterocycles. The Morgan fingerprint density at radius 1 is 1.45 bits per heavy atom. The van der Waals surface area contributed by atoms with E-state index in [4.69, 9.17) is 0 Å². The molecule has 0 aromatic rings. The van der Waals surface area contributed by atoms with Crippen LogP contribution in [0, 0.1) is 0 Å². The van der Waals surface area contributed by atoms with Gasteiger partial charge in [-0.25, -0.2) is 4.79 Å². The van der Waals surface area contributed by atoms with Gasteiger partial charge in [0.15, 0.2) is 0 Å². The molecule has 5 heteroatoms. The lowest BCUT2D eigenvalue weighted by Gasteiger charge is -2.10. The van der Waals surface area contributed by atoms with E-state index in [1.807, 2.05) is 0 Å². The molecule has 0 spiro atoms. The summed E-state index contributed by atoms with van der Waals surface area (Å²) in [4.78, 5) is 21.2. The lowest BCUT2D eigenvalue weighted by atomic mass is 10.5. The van der Waals surface area contributed by atoms with Crippen molar-refractivity contribution < 1.29 is 14.3 Å². The first-order valence-electron chi connectivity index (χ1n) is 3.18. The highest BCUT2D eigenvalue weighted by Crippen LogP contribution is 1.76. The monoisotopic (exact) mass is 160 g/mol. The maximum absolute atomic E-state index is 10.7. The SMILES string of the molecule is CNC(C)NC(=O)C(=O)OC.